The number of nitrogens with zero attached hydrogens (tertiary/aromatic N) is 3. The summed E-state index contributed by atoms with van der Waals surface area (Å²) in [7, 11) is 0. The minimum Gasteiger partial charge on any atom is -0.480 e. The van der Waals surface area contributed by atoms with Gasteiger partial charge in [0.15, 0.2) is 0 Å². The fourth-order valence-electron chi connectivity index (χ4n) is 4.45. The molecule has 0 aromatic carbocycles. The first kappa shape index (κ1) is 24.1. The molecule has 0 saturated heterocycles. The summed E-state index contributed by atoms with van der Waals surface area (Å²) in [4.78, 5) is 37.9. The Morgan fingerprint density at radius 3 is 2.79 bits per heavy atom. The molecule has 1 aliphatic heterocycles. The first-order chi connectivity index (χ1) is 16.5. The summed E-state index contributed by atoms with van der Waals surface area (Å²) in [6.07, 6.45) is 9.61. The van der Waals surface area contributed by atoms with Gasteiger partial charge in [-0.1, -0.05) is 6.07 Å². The molecule has 0 bridgehead atoms. The van der Waals surface area contributed by atoms with Crippen LogP contribution in [0.2, 0.25) is 0 Å². The maximum Gasteiger partial charge on any atom is 0.326 e. The number of carbonyl (C=O) groups excluding carboxylic acids is 1. The maximum absolute atomic E-state index is 12.9. The van der Waals surface area contributed by atoms with Crippen molar-refractivity contribution in [3.63, 3.8) is 0 Å². The van der Waals surface area contributed by atoms with Crippen LogP contribution in [-0.2, 0) is 32.6 Å². The fraction of sp³-hybridized carbons (Fsp3) is 0.560. The third-order valence-corrected chi connectivity index (χ3v) is 6.60. The van der Waals surface area contributed by atoms with Crippen LogP contribution in [0.25, 0.3) is 0 Å². The molecule has 182 valence electrons. The van der Waals surface area contributed by atoms with Crippen LogP contribution in [0.3, 0.4) is 0 Å². The quantitative estimate of drug-likeness (QED) is 0.407. The van der Waals surface area contributed by atoms with Crippen LogP contribution in [0.4, 0.5) is 5.82 Å². The van der Waals surface area contributed by atoms with Gasteiger partial charge < -0.3 is 20.5 Å². The van der Waals surface area contributed by atoms with Gasteiger partial charge in [-0.3, -0.25) is 14.8 Å². The number of rotatable bonds is 12. The van der Waals surface area contributed by atoms with Gasteiger partial charge in [0.05, 0.1) is 16.8 Å². The number of unbranched alkanes of at least 4 members (excludes halogenated alkanes) is 1. The van der Waals surface area contributed by atoms with E-state index in [1.165, 1.54) is 5.56 Å². The molecule has 1 amide bonds. The number of amides is 1. The Morgan fingerprint density at radius 1 is 1.21 bits per heavy atom. The second kappa shape index (κ2) is 10.9. The lowest BCUT2D eigenvalue weighted by atomic mass is 9.98. The molecule has 34 heavy (non-hydrogen) atoms. The number of carboxylic acid groups (broad SMARTS) is 1. The number of fused-ring (bicyclic) bond motifs is 1. The highest BCUT2D eigenvalue weighted by Gasteiger charge is 2.54. The number of anilines is 1. The molecule has 9 heteroatoms. The van der Waals surface area contributed by atoms with E-state index < -0.39 is 17.4 Å². The molecule has 2 aromatic rings. The van der Waals surface area contributed by atoms with Crippen LogP contribution in [0, 0.1) is 6.92 Å². The van der Waals surface area contributed by atoms with Crippen LogP contribution < -0.4 is 10.6 Å². The van der Waals surface area contributed by atoms with Gasteiger partial charge in [-0.15, -0.1) is 0 Å². The molecule has 0 radical (unpaired) electrons. The standard InChI is InChI=1S/C25H33N5O4/c1-17-21(27-14-13-26-17)25(10-11-25)24(33)30-20(23(31)32)9-16-34-15-3-2-6-19-8-7-18-5-4-12-28-22(18)29-19/h7-8,13-14,20H,2-6,9-12,15-16H2,1H3,(H,28,29)(H,30,33)(H,31,32)/t20-/m0/s1. The zero-order valence-electron chi connectivity index (χ0n) is 19.7. The average molecular weight is 468 g/mol. The Hall–Kier alpha value is -3.07. The molecule has 2 aromatic heterocycles. The zero-order chi connectivity index (χ0) is 24.0. The first-order valence-corrected chi connectivity index (χ1v) is 12.1. The van der Waals surface area contributed by atoms with Crippen molar-refractivity contribution in [3.05, 3.63) is 47.2 Å². The Labute approximate surface area is 199 Å². The number of carbonyl (C=O) groups is 2. The van der Waals surface area contributed by atoms with Crippen LogP contribution in [-0.4, -0.2) is 57.7 Å². The van der Waals surface area contributed by atoms with Gasteiger partial charge in [-0.25, -0.2) is 9.78 Å². The third kappa shape index (κ3) is 5.70. The summed E-state index contributed by atoms with van der Waals surface area (Å²) in [5.74, 6) is -0.338. The number of carboxylic acids is 1. The highest BCUT2D eigenvalue weighted by Crippen LogP contribution is 2.48. The van der Waals surface area contributed by atoms with Gasteiger partial charge >= 0.3 is 5.97 Å². The largest absolute Gasteiger partial charge is 0.480 e. The van der Waals surface area contributed by atoms with E-state index in [0.717, 1.165) is 50.2 Å². The fourth-order valence-corrected chi connectivity index (χ4v) is 4.45. The van der Waals surface area contributed by atoms with Crippen molar-refractivity contribution in [1.82, 2.24) is 20.3 Å². The Morgan fingerprint density at radius 2 is 2.03 bits per heavy atom. The van der Waals surface area contributed by atoms with Gasteiger partial charge in [0.2, 0.25) is 5.91 Å². The van der Waals surface area contributed by atoms with Crippen molar-refractivity contribution in [1.29, 1.82) is 0 Å². The number of hydrogen-bond acceptors (Lipinski definition) is 7. The summed E-state index contributed by atoms with van der Waals surface area (Å²) in [5, 5.41) is 15.6. The minimum absolute atomic E-state index is 0.217. The number of nitrogens with one attached hydrogen (secondary N) is 2. The smallest absolute Gasteiger partial charge is 0.326 e. The van der Waals surface area contributed by atoms with Gasteiger partial charge in [0.1, 0.15) is 11.9 Å². The lowest BCUT2D eigenvalue weighted by Crippen LogP contribution is -2.46. The van der Waals surface area contributed by atoms with Crippen LogP contribution in [0.1, 0.15) is 61.2 Å². The second-order valence-corrected chi connectivity index (χ2v) is 9.14. The molecular weight excluding hydrogens is 434 g/mol. The highest BCUT2D eigenvalue weighted by molar-refractivity contribution is 5.93. The normalized spacial score (nSPS) is 16.7. The van der Waals surface area contributed by atoms with Crippen molar-refractivity contribution in [2.24, 2.45) is 0 Å². The van der Waals surface area contributed by atoms with E-state index in [0.29, 0.717) is 30.8 Å². The molecular formula is C25H33N5O4. The number of ether oxygens (including phenoxy) is 1. The van der Waals surface area contributed by atoms with E-state index in [1.807, 2.05) is 6.92 Å². The van der Waals surface area contributed by atoms with Gasteiger partial charge in [-0.05, 0) is 63.5 Å². The zero-order valence-corrected chi connectivity index (χ0v) is 19.7. The molecule has 0 spiro atoms. The summed E-state index contributed by atoms with van der Waals surface area (Å²) in [6, 6.07) is 3.27. The lowest BCUT2D eigenvalue weighted by molar-refractivity contribution is -0.142. The van der Waals surface area contributed by atoms with Gasteiger partial charge in [0, 0.05) is 44.3 Å². The second-order valence-electron chi connectivity index (χ2n) is 9.14. The molecule has 1 atom stereocenters. The monoisotopic (exact) mass is 467 g/mol. The third-order valence-electron chi connectivity index (χ3n) is 6.60. The van der Waals surface area contributed by atoms with Crippen LogP contribution in [0.15, 0.2) is 24.5 Å². The van der Waals surface area contributed by atoms with Crippen molar-refractivity contribution in [3.8, 4) is 0 Å². The van der Waals surface area contributed by atoms with E-state index in [4.69, 9.17) is 9.72 Å². The van der Waals surface area contributed by atoms with Crippen molar-refractivity contribution in [2.45, 2.75) is 69.7 Å². The topological polar surface area (TPSA) is 126 Å². The summed E-state index contributed by atoms with van der Waals surface area (Å²) < 4.78 is 5.66. The van der Waals surface area contributed by atoms with E-state index in [-0.39, 0.29) is 18.9 Å². The van der Waals surface area contributed by atoms with E-state index in [1.54, 1.807) is 12.4 Å². The molecule has 4 rings (SSSR count). The van der Waals surface area contributed by atoms with Gasteiger partial charge in [-0.2, -0.15) is 0 Å². The SMILES string of the molecule is Cc1nccnc1C1(C(=O)N[C@@H](CCOCCCCc2ccc3c(n2)NCCC3)C(=O)O)CC1. The van der Waals surface area contributed by atoms with Crippen LogP contribution in [0.5, 0.6) is 0 Å². The number of hydrogen-bond donors (Lipinski definition) is 3. The van der Waals surface area contributed by atoms with Crippen molar-refractivity contribution >= 4 is 17.7 Å². The molecule has 2 aliphatic rings. The number of aliphatic carboxylic acids is 1. The summed E-state index contributed by atoms with van der Waals surface area (Å²) >= 11 is 0. The Balaban J connectivity index is 1.16. The summed E-state index contributed by atoms with van der Waals surface area (Å²) in [6.45, 7) is 3.62. The minimum atomic E-state index is -1.06. The maximum atomic E-state index is 12.9. The van der Waals surface area contributed by atoms with E-state index >= 15 is 0 Å². The molecule has 3 N–H and O–H groups in total. The molecule has 9 nitrogen and oxygen atoms in total. The lowest BCUT2D eigenvalue weighted by Gasteiger charge is -2.20. The Bertz CT molecular complexity index is 1020. The summed E-state index contributed by atoms with van der Waals surface area (Å²) in [5.41, 5.74) is 2.95. The first-order valence-electron chi connectivity index (χ1n) is 12.1. The molecule has 1 saturated carbocycles. The number of aromatic nitrogens is 3. The van der Waals surface area contributed by atoms with Crippen molar-refractivity contribution in [2.75, 3.05) is 25.1 Å². The predicted molar refractivity (Wildman–Crippen MR) is 127 cm³/mol. The average Bonchev–Trinajstić information content (AvgIpc) is 3.64. The molecule has 3 heterocycles. The van der Waals surface area contributed by atoms with Crippen LogP contribution >= 0.6 is 0 Å². The molecule has 1 fully saturated rings. The molecule has 1 aliphatic carbocycles. The molecule has 0 unspecified atom stereocenters. The van der Waals surface area contributed by atoms with Crippen molar-refractivity contribution < 1.29 is 19.4 Å². The number of pyridine rings is 1. The number of aryl methyl sites for hydroxylation is 3. The van der Waals surface area contributed by atoms with E-state index in [2.05, 4.69) is 32.7 Å². The highest BCUT2D eigenvalue weighted by atomic mass is 16.5. The predicted octanol–water partition coefficient (Wildman–Crippen LogP) is 2.57. The van der Waals surface area contributed by atoms with Gasteiger partial charge in [0.25, 0.3) is 0 Å². The van der Waals surface area contributed by atoms with E-state index in [9.17, 15) is 14.7 Å². The Kier molecular flexibility index (Phi) is 7.72.